The number of nitrogens with one attached hydrogen (secondary N) is 1. The summed E-state index contributed by atoms with van der Waals surface area (Å²) in [5.74, 6) is 0.491. The van der Waals surface area contributed by atoms with E-state index in [9.17, 15) is 4.79 Å². The molecule has 1 aliphatic rings. The average Bonchev–Trinajstić information content (AvgIpc) is 2.14. The fourth-order valence-corrected chi connectivity index (χ4v) is 2.03. The maximum absolute atomic E-state index is 11.8. The molecule has 0 aromatic carbocycles. The third-order valence-corrected chi connectivity index (χ3v) is 3.41. The summed E-state index contributed by atoms with van der Waals surface area (Å²) in [6.45, 7) is 2.05. The Hall–Kier alpha value is -1.09. The molecular formula is C12H15ClN2O. The van der Waals surface area contributed by atoms with Gasteiger partial charge in [0.25, 0.3) is 5.91 Å². The molecule has 1 atom stereocenters. The van der Waals surface area contributed by atoms with Gasteiger partial charge in [0.05, 0.1) is 0 Å². The molecule has 0 bridgehead atoms. The highest BCUT2D eigenvalue weighted by Crippen LogP contribution is 2.29. The van der Waals surface area contributed by atoms with E-state index in [2.05, 4.69) is 10.3 Å². The third kappa shape index (κ3) is 2.53. The third-order valence-electron chi connectivity index (χ3n) is 3.17. The van der Waals surface area contributed by atoms with Crippen LogP contribution < -0.4 is 5.32 Å². The van der Waals surface area contributed by atoms with Crippen LogP contribution in [0.3, 0.4) is 0 Å². The van der Waals surface area contributed by atoms with Crippen molar-refractivity contribution in [2.45, 2.75) is 32.2 Å². The maximum atomic E-state index is 11.8. The largest absolute Gasteiger partial charge is 0.348 e. The molecule has 0 radical (unpaired) electrons. The van der Waals surface area contributed by atoms with Crippen LogP contribution in [-0.2, 0) is 0 Å². The quantitative estimate of drug-likeness (QED) is 0.880. The van der Waals surface area contributed by atoms with Crippen LogP contribution in [0.2, 0.25) is 5.02 Å². The van der Waals surface area contributed by atoms with E-state index in [1.165, 1.54) is 19.3 Å². The van der Waals surface area contributed by atoms with Crippen LogP contribution in [0.25, 0.3) is 0 Å². The van der Waals surface area contributed by atoms with E-state index >= 15 is 0 Å². The molecular weight excluding hydrogens is 224 g/mol. The summed E-state index contributed by atoms with van der Waals surface area (Å²) in [5, 5.41) is 3.50. The van der Waals surface area contributed by atoms with Gasteiger partial charge in [-0.2, -0.15) is 0 Å². The molecule has 1 fully saturated rings. The van der Waals surface area contributed by atoms with Gasteiger partial charge in [0, 0.05) is 17.3 Å². The molecule has 1 saturated carbocycles. The summed E-state index contributed by atoms with van der Waals surface area (Å²) in [6.07, 6.45) is 5.25. The van der Waals surface area contributed by atoms with Crippen LogP contribution in [0.1, 0.15) is 36.7 Å². The Labute approximate surface area is 100 Å². The molecule has 0 saturated heterocycles. The number of rotatable bonds is 3. The number of aromatic nitrogens is 1. The highest BCUT2D eigenvalue weighted by atomic mass is 35.5. The van der Waals surface area contributed by atoms with Gasteiger partial charge in [0.1, 0.15) is 5.69 Å². The van der Waals surface area contributed by atoms with Crippen molar-refractivity contribution in [2.24, 2.45) is 5.92 Å². The van der Waals surface area contributed by atoms with Gasteiger partial charge in [-0.1, -0.05) is 18.0 Å². The van der Waals surface area contributed by atoms with Crippen molar-refractivity contribution in [1.82, 2.24) is 10.3 Å². The van der Waals surface area contributed by atoms with Gasteiger partial charge in [-0.25, -0.2) is 0 Å². The van der Waals surface area contributed by atoms with Crippen molar-refractivity contribution >= 4 is 17.5 Å². The maximum Gasteiger partial charge on any atom is 0.270 e. The smallest absolute Gasteiger partial charge is 0.270 e. The first-order valence-electron chi connectivity index (χ1n) is 5.59. The molecule has 0 aliphatic heterocycles. The second-order valence-corrected chi connectivity index (χ2v) is 4.75. The first kappa shape index (κ1) is 11.4. The molecule has 1 N–H and O–H groups in total. The Balaban J connectivity index is 1.96. The first-order valence-corrected chi connectivity index (χ1v) is 5.97. The fourth-order valence-electron chi connectivity index (χ4n) is 1.87. The van der Waals surface area contributed by atoms with E-state index in [4.69, 9.17) is 11.6 Å². The number of carbonyl (C=O) groups excluding carboxylic acids is 1. The van der Waals surface area contributed by atoms with E-state index in [-0.39, 0.29) is 11.9 Å². The number of pyridine rings is 1. The van der Waals surface area contributed by atoms with Crippen LogP contribution >= 0.6 is 11.6 Å². The van der Waals surface area contributed by atoms with Crippen LogP contribution in [0, 0.1) is 5.92 Å². The molecule has 1 aromatic rings. The average molecular weight is 239 g/mol. The molecule has 4 heteroatoms. The molecule has 1 unspecified atom stereocenters. The van der Waals surface area contributed by atoms with E-state index in [0.717, 1.165) is 0 Å². The van der Waals surface area contributed by atoms with Gasteiger partial charge in [-0.3, -0.25) is 9.78 Å². The molecule has 2 rings (SSSR count). The monoisotopic (exact) mass is 238 g/mol. The lowest BCUT2D eigenvalue weighted by Crippen LogP contribution is -2.40. The summed E-state index contributed by atoms with van der Waals surface area (Å²) >= 11 is 5.81. The Morgan fingerprint density at radius 1 is 1.62 bits per heavy atom. The SMILES string of the molecule is CC(NC(=O)c1cc(Cl)ccn1)C1CCC1. The number of halogens is 1. The number of nitrogens with zero attached hydrogens (tertiary/aromatic N) is 1. The minimum Gasteiger partial charge on any atom is -0.348 e. The number of carbonyl (C=O) groups is 1. The summed E-state index contributed by atoms with van der Waals surface area (Å²) in [5.41, 5.74) is 0.388. The van der Waals surface area contributed by atoms with Crippen LogP contribution in [0.5, 0.6) is 0 Å². The fraction of sp³-hybridized carbons (Fsp3) is 0.500. The molecule has 16 heavy (non-hydrogen) atoms. The summed E-state index contributed by atoms with van der Waals surface area (Å²) < 4.78 is 0. The lowest BCUT2D eigenvalue weighted by Gasteiger charge is -2.31. The van der Waals surface area contributed by atoms with Crippen LogP contribution in [0.15, 0.2) is 18.3 Å². The van der Waals surface area contributed by atoms with E-state index in [0.29, 0.717) is 16.6 Å². The number of hydrogen-bond acceptors (Lipinski definition) is 2. The zero-order valence-electron chi connectivity index (χ0n) is 9.24. The van der Waals surface area contributed by atoms with E-state index in [1.807, 2.05) is 6.92 Å². The lowest BCUT2D eigenvalue weighted by molar-refractivity contribution is 0.0904. The molecule has 1 heterocycles. The van der Waals surface area contributed by atoms with Crippen molar-refractivity contribution in [3.63, 3.8) is 0 Å². The van der Waals surface area contributed by atoms with Gasteiger partial charge < -0.3 is 5.32 Å². The predicted molar refractivity (Wildman–Crippen MR) is 63.5 cm³/mol. The van der Waals surface area contributed by atoms with Gasteiger partial charge >= 0.3 is 0 Å². The Morgan fingerprint density at radius 3 is 2.94 bits per heavy atom. The predicted octanol–water partition coefficient (Wildman–Crippen LogP) is 2.65. The minimum atomic E-state index is -0.137. The second-order valence-electron chi connectivity index (χ2n) is 4.31. The zero-order valence-corrected chi connectivity index (χ0v) is 10.00. The second kappa shape index (κ2) is 4.83. The van der Waals surface area contributed by atoms with Crippen molar-refractivity contribution in [1.29, 1.82) is 0 Å². The van der Waals surface area contributed by atoms with Crippen LogP contribution in [-0.4, -0.2) is 16.9 Å². The number of hydrogen-bond donors (Lipinski definition) is 1. The normalized spacial score (nSPS) is 17.6. The van der Waals surface area contributed by atoms with E-state index < -0.39 is 0 Å². The highest BCUT2D eigenvalue weighted by Gasteiger charge is 2.25. The molecule has 3 nitrogen and oxygen atoms in total. The number of amides is 1. The summed E-state index contributed by atoms with van der Waals surface area (Å²) in [7, 11) is 0. The molecule has 1 aliphatic carbocycles. The standard InChI is InChI=1S/C12H15ClN2O/c1-8(9-3-2-4-9)15-12(16)11-7-10(13)5-6-14-11/h5-9H,2-4H2,1H3,(H,15,16). The zero-order chi connectivity index (χ0) is 11.5. The lowest BCUT2D eigenvalue weighted by atomic mass is 9.80. The van der Waals surface area contributed by atoms with Gasteiger partial charge in [-0.05, 0) is 37.8 Å². The van der Waals surface area contributed by atoms with E-state index in [1.54, 1.807) is 18.3 Å². The first-order chi connectivity index (χ1) is 7.66. The Morgan fingerprint density at radius 2 is 2.38 bits per heavy atom. The van der Waals surface area contributed by atoms with Crippen molar-refractivity contribution in [3.05, 3.63) is 29.0 Å². The van der Waals surface area contributed by atoms with Crippen molar-refractivity contribution in [3.8, 4) is 0 Å². The Bertz CT molecular complexity index is 390. The minimum absolute atomic E-state index is 0.137. The summed E-state index contributed by atoms with van der Waals surface area (Å²) in [4.78, 5) is 15.8. The van der Waals surface area contributed by atoms with Crippen molar-refractivity contribution in [2.75, 3.05) is 0 Å². The van der Waals surface area contributed by atoms with Gasteiger partial charge in [-0.15, -0.1) is 0 Å². The molecule has 86 valence electrons. The van der Waals surface area contributed by atoms with Crippen molar-refractivity contribution < 1.29 is 4.79 Å². The van der Waals surface area contributed by atoms with Gasteiger partial charge in [0.2, 0.25) is 0 Å². The molecule has 0 spiro atoms. The highest BCUT2D eigenvalue weighted by molar-refractivity contribution is 6.30. The van der Waals surface area contributed by atoms with Crippen LogP contribution in [0.4, 0.5) is 0 Å². The topological polar surface area (TPSA) is 42.0 Å². The Kier molecular flexibility index (Phi) is 3.44. The molecule has 1 amide bonds. The summed E-state index contributed by atoms with van der Waals surface area (Å²) in [6, 6.07) is 3.47. The van der Waals surface area contributed by atoms with Gasteiger partial charge in [0.15, 0.2) is 0 Å². The molecule has 1 aromatic heterocycles.